The van der Waals surface area contributed by atoms with Crippen molar-refractivity contribution in [2.24, 2.45) is 0 Å². The lowest BCUT2D eigenvalue weighted by Gasteiger charge is -1.95. The molecule has 0 saturated carbocycles. The number of aliphatic hydroxyl groups excluding tert-OH is 1. The molecular weight excluding hydrogens is 148 g/mol. The molecule has 0 aliphatic carbocycles. The highest BCUT2D eigenvalue weighted by atomic mass is 35.5. The van der Waals surface area contributed by atoms with E-state index in [1.54, 1.807) is 12.1 Å². The molecule has 52 valence electrons. The fraction of sp³-hybridized carbons (Fsp3) is 0. The summed E-state index contributed by atoms with van der Waals surface area (Å²) in [5.74, 6) is 0.0993. The average molecular weight is 155 g/mol. The van der Waals surface area contributed by atoms with Crippen LogP contribution >= 0.6 is 11.6 Å². The highest BCUT2D eigenvalue weighted by Crippen LogP contribution is 2.10. The third-order valence-electron chi connectivity index (χ3n) is 1.17. The number of aliphatic hydroxyl groups is 1. The first-order chi connectivity index (χ1) is 4.84. The molecule has 0 aliphatic rings. The number of benzene rings is 1. The van der Waals surface area contributed by atoms with E-state index in [0.29, 0.717) is 0 Å². The van der Waals surface area contributed by atoms with Gasteiger partial charge < -0.3 is 5.11 Å². The van der Waals surface area contributed by atoms with Gasteiger partial charge in [-0.05, 0) is 0 Å². The van der Waals surface area contributed by atoms with Crippen LogP contribution in [0, 0.1) is 0 Å². The Labute approximate surface area is 64.6 Å². The molecule has 1 rings (SSSR count). The van der Waals surface area contributed by atoms with Gasteiger partial charge in [0.1, 0.15) is 5.76 Å². The van der Waals surface area contributed by atoms with Gasteiger partial charge >= 0.3 is 0 Å². The lowest BCUT2D eigenvalue weighted by molar-refractivity contribution is 0.513. The van der Waals surface area contributed by atoms with Gasteiger partial charge in [-0.2, -0.15) is 0 Å². The molecule has 1 nitrogen and oxygen atoms in total. The molecule has 0 aromatic heterocycles. The Balaban J connectivity index is 2.96. The van der Waals surface area contributed by atoms with Crippen molar-refractivity contribution in [2.45, 2.75) is 0 Å². The summed E-state index contributed by atoms with van der Waals surface area (Å²) < 4.78 is 0. The van der Waals surface area contributed by atoms with Gasteiger partial charge in [0.05, 0.1) is 0 Å². The lowest BCUT2D eigenvalue weighted by Crippen LogP contribution is -1.78. The Morgan fingerprint density at radius 1 is 1.30 bits per heavy atom. The second-order valence-electron chi connectivity index (χ2n) is 1.86. The maximum absolute atomic E-state index is 9.06. The smallest absolute Gasteiger partial charge is 0.134 e. The molecule has 0 aliphatic heterocycles. The molecule has 0 spiro atoms. The molecule has 0 bridgehead atoms. The topological polar surface area (TPSA) is 20.2 Å². The normalized spacial score (nSPS) is 11.5. The van der Waals surface area contributed by atoms with E-state index in [1.165, 1.54) is 0 Å². The zero-order valence-electron chi connectivity index (χ0n) is 5.29. The summed E-state index contributed by atoms with van der Waals surface area (Å²) in [6.07, 6.45) is 0. The van der Waals surface area contributed by atoms with E-state index in [9.17, 15) is 0 Å². The van der Waals surface area contributed by atoms with E-state index in [4.69, 9.17) is 16.7 Å². The summed E-state index contributed by atoms with van der Waals surface area (Å²) in [6, 6.07) is 9.13. The first-order valence-corrected chi connectivity index (χ1v) is 3.33. The quantitative estimate of drug-likeness (QED) is 0.617. The molecule has 1 N–H and O–H groups in total. The van der Waals surface area contributed by atoms with Crippen molar-refractivity contribution in [1.29, 1.82) is 0 Å². The molecule has 0 unspecified atom stereocenters. The van der Waals surface area contributed by atoms with Crippen LogP contribution in [-0.2, 0) is 0 Å². The SMILES string of the molecule is O/C(=C\Cl)c1ccccc1. The highest BCUT2D eigenvalue weighted by Gasteiger charge is 1.92. The minimum atomic E-state index is 0.0993. The minimum Gasteiger partial charge on any atom is -0.506 e. The summed E-state index contributed by atoms with van der Waals surface area (Å²) in [5, 5.41) is 9.06. The van der Waals surface area contributed by atoms with Crippen molar-refractivity contribution in [3.63, 3.8) is 0 Å². The average Bonchev–Trinajstić information content (AvgIpc) is 2.05. The second kappa shape index (κ2) is 3.28. The van der Waals surface area contributed by atoms with E-state index >= 15 is 0 Å². The van der Waals surface area contributed by atoms with Crippen molar-refractivity contribution >= 4 is 17.4 Å². The molecule has 0 amide bonds. The highest BCUT2D eigenvalue weighted by molar-refractivity contribution is 6.27. The zero-order valence-corrected chi connectivity index (χ0v) is 6.05. The monoisotopic (exact) mass is 154 g/mol. The largest absolute Gasteiger partial charge is 0.506 e. The van der Waals surface area contributed by atoms with Crippen LogP contribution in [0.4, 0.5) is 0 Å². The summed E-state index contributed by atoms with van der Waals surface area (Å²) in [5.41, 5.74) is 1.88. The number of halogens is 1. The molecule has 2 heteroatoms. The molecule has 1 aromatic carbocycles. The fourth-order valence-electron chi connectivity index (χ4n) is 0.672. The number of hydrogen-bond acceptors (Lipinski definition) is 1. The van der Waals surface area contributed by atoms with Crippen molar-refractivity contribution in [2.75, 3.05) is 0 Å². The Kier molecular flexibility index (Phi) is 2.35. The van der Waals surface area contributed by atoms with Gasteiger partial charge in [0.25, 0.3) is 0 Å². The second-order valence-corrected chi connectivity index (χ2v) is 2.08. The van der Waals surface area contributed by atoms with Crippen molar-refractivity contribution in [1.82, 2.24) is 0 Å². The van der Waals surface area contributed by atoms with Crippen LogP contribution in [0.1, 0.15) is 5.56 Å². The van der Waals surface area contributed by atoms with Gasteiger partial charge in [0, 0.05) is 11.1 Å². The fourth-order valence-corrected chi connectivity index (χ4v) is 0.798. The van der Waals surface area contributed by atoms with Gasteiger partial charge in [0.2, 0.25) is 0 Å². The van der Waals surface area contributed by atoms with Crippen LogP contribution in [0.2, 0.25) is 0 Å². The van der Waals surface area contributed by atoms with Crippen LogP contribution in [0.15, 0.2) is 35.9 Å². The number of rotatable bonds is 1. The van der Waals surface area contributed by atoms with Crippen LogP contribution < -0.4 is 0 Å². The van der Waals surface area contributed by atoms with Gasteiger partial charge in [-0.1, -0.05) is 41.9 Å². The van der Waals surface area contributed by atoms with Crippen LogP contribution in [0.25, 0.3) is 5.76 Å². The molecule has 1 aromatic rings. The third kappa shape index (κ3) is 1.52. The van der Waals surface area contributed by atoms with Crippen LogP contribution in [0.3, 0.4) is 0 Å². The maximum Gasteiger partial charge on any atom is 0.134 e. The zero-order chi connectivity index (χ0) is 7.40. The van der Waals surface area contributed by atoms with Gasteiger partial charge in [-0.25, -0.2) is 0 Å². The summed E-state index contributed by atoms with van der Waals surface area (Å²) in [7, 11) is 0. The Morgan fingerprint density at radius 2 is 1.90 bits per heavy atom. The van der Waals surface area contributed by atoms with Crippen LogP contribution in [-0.4, -0.2) is 5.11 Å². The van der Waals surface area contributed by atoms with Crippen LogP contribution in [0.5, 0.6) is 0 Å². The molecule has 0 heterocycles. The first kappa shape index (κ1) is 7.16. The van der Waals surface area contributed by atoms with E-state index in [-0.39, 0.29) is 5.76 Å². The van der Waals surface area contributed by atoms with Gasteiger partial charge in [-0.15, -0.1) is 0 Å². The predicted molar refractivity (Wildman–Crippen MR) is 42.9 cm³/mol. The van der Waals surface area contributed by atoms with E-state index in [1.807, 2.05) is 18.2 Å². The van der Waals surface area contributed by atoms with Gasteiger partial charge in [-0.3, -0.25) is 0 Å². The summed E-state index contributed by atoms with van der Waals surface area (Å²) in [4.78, 5) is 0. The Bertz CT molecular complexity index is 228. The standard InChI is InChI=1S/C8H7ClO/c9-6-8(10)7-4-2-1-3-5-7/h1-6,10H/b8-6-. The number of hydrogen-bond donors (Lipinski definition) is 1. The van der Waals surface area contributed by atoms with Crippen molar-refractivity contribution in [3.05, 3.63) is 41.4 Å². The maximum atomic E-state index is 9.06. The predicted octanol–water partition coefficient (Wildman–Crippen LogP) is 2.78. The molecule has 0 atom stereocenters. The van der Waals surface area contributed by atoms with E-state index < -0.39 is 0 Å². The first-order valence-electron chi connectivity index (χ1n) is 2.89. The summed E-state index contributed by atoms with van der Waals surface area (Å²) >= 11 is 5.27. The lowest BCUT2D eigenvalue weighted by atomic mass is 10.2. The molecule has 0 fully saturated rings. The minimum absolute atomic E-state index is 0.0993. The molecule has 0 saturated heterocycles. The third-order valence-corrected chi connectivity index (χ3v) is 1.38. The Morgan fingerprint density at radius 3 is 2.40 bits per heavy atom. The molecular formula is C8H7ClO. The van der Waals surface area contributed by atoms with Crippen molar-refractivity contribution in [3.8, 4) is 0 Å². The van der Waals surface area contributed by atoms with E-state index in [0.717, 1.165) is 11.1 Å². The molecule has 0 radical (unpaired) electrons. The van der Waals surface area contributed by atoms with Crippen molar-refractivity contribution < 1.29 is 5.11 Å². The van der Waals surface area contributed by atoms with E-state index in [2.05, 4.69) is 0 Å². The molecule has 10 heavy (non-hydrogen) atoms. The van der Waals surface area contributed by atoms with Gasteiger partial charge in [0.15, 0.2) is 0 Å². The summed E-state index contributed by atoms with van der Waals surface area (Å²) in [6.45, 7) is 0. The Hall–Kier alpha value is -0.950.